The number of esters is 1. The maximum atomic E-state index is 11.3. The first kappa shape index (κ1) is 28.6. The summed E-state index contributed by atoms with van der Waals surface area (Å²) in [6.07, 6.45) is 30.7. The minimum atomic E-state index is -0.0661. The first-order valence-electron chi connectivity index (χ1n) is 12.7. The molecular formula is C26H50O2S. The Morgan fingerprint density at radius 2 is 1.07 bits per heavy atom. The number of unbranched alkanes of at least 4 members (excludes halogenated alkanes) is 17. The fraction of sp³-hybridized carbons (Fsp3) is 0.885. The minimum absolute atomic E-state index is 0.0661. The van der Waals surface area contributed by atoms with E-state index in [0.29, 0.717) is 18.8 Å². The number of rotatable bonds is 23. The van der Waals surface area contributed by atoms with E-state index in [1.54, 1.807) is 0 Å². The molecule has 0 atom stereocenters. The summed E-state index contributed by atoms with van der Waals surface area (Å²) in [5.74, 6) is 0.545. The molecule has 172 valence electrons. The zero-order chi connectivity index (χ0) is 21.3. The molecule has 3 heteroatoms. The van der Waals surface area contributed by atoms with Gasteiger partial charge in [-0.1, -0.05) is 109 Å². The Morgan fingerprint density at radius 1 is 0.655 bits per heavy atom. The lowest BCUT2D eigenvalue weighted by Gasteiger charge is -2.03. The molecular weight excluding hydrogens is 376 g/mol. The van der Waals surface area contributed by atoms with Gasteiger partial charge in [-0.2, -0.15) is 12.6 Å². The Kier molecular flexibility index (Phi) is 25.2. The highest BCUT2D eigenvalue weighted by molar-refractivity contribution is 7.80. The summed E-state index contributed by atoms with van der Waals surface area (Å²) in [6, 6.07) is 0. The van der Waals surface area contributed by atoms with Gasteiger partial charge >= 0.3 is 5.97 Å². The molecule has 0 saturated carbocycles. The maximum Gasteiger partial charge on any atom is 0.305 e. The minimum Gasteiger partial charge on any atom is -0.465 e. The number of carbonyl (C=O) groups excluding carboxylic acids is 1. The van der Waals surface area contributed by atoms with E-state index in [0.717, 1.165) is 12.8 Å². The third-order valence-electron chi connectivity index (χ3n) is 5.50. The van der Waals surface area contributed by atoms with Gasteiger partial charge in [0.05, 0.1) is 0 Å². The number of allylic oxidation sites excluding steroid dienone is 2. The van der Waals surface area contributed by atoms with Crippen LogP contribution in [0.4, 0.5) is 0 Å². The fourth-order valence-corrected chi connectivity index (χ4v) is 3.72. The lowest BCUT2D eigenvalue weighted by molar-refractivity contribution is -0.143. The number of thiol groups is 1. The summed E-state index contributed by atoms with van der Waals surface area (Å²) in [5.41, 5.74) is 0. The summed E-state index contributed by atoms with van der Waals surface area (Å²) in [6.45, 7) is 2.73. The molecule has 0 fully saturated rings. The molecule has 0 heterocycles. The van der Waals surface area contributed by atoms with Crippen LogP contribution in [0.15, 0.2) is 12.2 Å². The van der Waals surface area contributed by atoms with Crippen molar-refractivity contribution in [3.8, 4) is 0 Å². The summed E-state index contributed by atoms with van der Waals surface area (Å²) in [4.78, 5) is 11.3. The number of ether oxygens (including phenoxy) is 1. The first-order chi connectivity index (χ1) is 14.3. The monoisotopic (exact) mass is 426 g/mol. The molecule has 0 amide bonds. The van der Waals surface area contributed by atoms with Crippen molar-refractivity contribution in [1.82, 2.24) is 0 Å². The first-order valence-corrected chi connectivity index (χ1v) is 13.4. The van der Waals surface area contributed by atoms with Gasteiger partial charge in [0, 0.05) is 12.2 Å². The molecule has 0 aromatic rings. The Morgan fingerprint density at radius 3 is 1.52 bits per heavy atom. The van der Waals surface area contributed by atoms with Crippen molar-refractivity contribution in [3.05, 3.63) is 12.2 Å². The number of hydrogen-bond acceptors (Lipinski definition) is 3. The lowest BCUT2D eigenvalue weighted by atomic mass is 10.1. The van der Waals surface area contributed by atoms with Crippen LogP contribution < -0.4 is 0 Å². The van der Waals surface area contributed by atoms with E-state index in [-0.39, 0.29) is 5.97 Å². The molecule has 0 rings (SSSR count). The van der Waals surface area contributed by atoms with Gasteiger partial charge in [-0.3, -0.25) is 4.79 Å². The maximum absolute atomic E-state index is 11.3. The van der Waals surface area contributed by atoms with E-state index < -0.39 is 0 Å². The van der Waals surface area contributed by atoms with Crippen LogP contribution in [0.25, 0.3) is 0 Å². The quantitative estimate of drug-likeness (QED) is 0.0764. The van der Waals surface area contributed by atoms with Gasteiger partial charge in [-0.25, -0.2) is 0 Å². The molecule has 0 aromatic heterocycles. The van der Waals surface area contributed by atoms with Gasteiger partial charge in [-0.15, -0.1) is 0 Å². The summed E-state index contributed by atoms with van der Waals surface area (Å²) >= 11 is 4.03. The lowest BCUT2D eigenvalue weighted by Crippen LogP contribution is -2.06. The fourth-order valence-electron chi connectivity index (χ4n) is 3.63. The second-order valence-electron chi connectivity index (χ2n) is 8.40. The van der Waals surface area contributed by atoms with E-state index >= 15 is 0 Å². The molecule has 0 aliphatic heterocycles. The zero-order valence-electron chi connectivity index (χ0n) is 19.5. The highest BCUT2D eigenvalue weighted by atomic mass is 32.1. The van der Waals surface area contributed by atoms with Gasteiger partial charge < -0.3 is 4.74 Å². The molecule has 0 N–H and O–H groups in total. The summed E-state index contributed by atoms with van der Waals surface area (Å²) in [7, 11) is 0. The molecule has 0 spiro atoms. The van der Waals surface area contributed by atoms with Gasteiger partial charge in [0.1, 0.15) is 6.61 Å². The molecule has 0 aliphatic rings. The van der Waals surface area contributed by atoms with Gasteiger partial charge in [0.25, 0.3) is 0 Å². The third kappa shape index (κ3) is 25.5. The van der Waals surface area contributed by atoms with Crippen molar-refractivity contribution in [2.45, 2.75) is 135 Å². The highest BCUT2D eigenvalue weighted by Crippen LogP contribution is 2.12. The Balaban J connectivity index is 3.13. The zero-order valence-corrected chi connectivity index (χ0v) is 20.4. The van der Waals surface area contributed by atoms with Crippen molar-refractivity contribution < 1.29 is 9.53 Å². The Labute approximate surface area is 188 Å². The molecule has 0 bridgehead atoms. The second-order valence-corrected chi connectivity index (χ2v) is 8.85. The SMILES string of the molecule is CCCCCCCCCCCC/C=C/CCCCCCCCCC(=O)OCCS. The van der Waals surface area contributed by atoms with E-state index in [4.69, 9.17) is 4.74 Å². The third-order valence-corrected chi connectivity index (χ3v) is 5.68. The molecule has 2 nitrogen and oxygen atoms in total. The largest absolute Gasteiger partial charge is 0.465 e. The molecule has 0 aliphatic carbocycles. The van der Waals surface area contributed by atoms with Crippen LogP contribution in [-0.2, 0) is 9.53 Å². The molecule has 0 aromatic carbocycles. The standard InChI is InChI=1S/C26H50O2S/c1-2-3-4-5-6-7-8-9-10-11-12-13-14-15-16-17-18-19-20-21-22-23-26(27)28-24-25-29/h13-14,29H,2-12,15-25H2,1H3/b14-13+. The van der Waals surface area contributed by atoms with Crippen LogP contribution >= 0.6 is 12.6 Å². The van der Waals surface area contributed by atoms with Gasteiger partial charge in [0.15, 0.2) is 0 Å². The van der Waals surface area contributed by atoms with Crippen LogP contribution in [0.5, 0.6) is 0 Å². The second kappa shape index (κ2) is 25.6. The van der Waals surface area contributed by atoms with Gasteiger partial charge in [0.2, 0.25) is 0 Å². The number of carbonyl (C=O) groups is 1. The van der Waals surface area contributed by atoms with Crippen LogP contribution in [0, 0.1) is 0 Å². The van der Waals surface area contributed by atoms with Crippen LogP contribution in [0.2, 0.25) is 0 Å². The average molecular weight is 427 g/mol. The number of hydrogen-bond donors (Lipinski definition) is 1. The van der Waals surface area contributed by atoms with Crippen LogP contribution in [0.1, 0.15) is 135 Å². The topological polar surface area (TPSA) is 26.3 Å². The van der Waals surface area contributed by atoms with E-state index in [1.807, 2.05) is 0 Å². The molecule has 29 heavy (non-hydrogen) atoms. The predicted octanol–water partition coefficient (Wildman–Crippen LogP) is 8.84. The van der Waals surface area contributed by atoms with Crippen molar-refractivity contribution in [3.63, 3.8) is 0 Å². The Bertz CT molecular complexity index is 355. The van der Waals surface area contributed by atoms with Crippen molar-refractivity contribution in [2.75, 3.05) is 12.4 Å². The van der Waals surface area contributed by atoms with Gasteiger partial charge in [-0.05, 0) is 32.1 Å². The molecule has 0 saturated heterocycles. The Hall–Kier alpha value is -0.440. The summed E-state index contributed by atoms with van der Waals surface area (Å²) < 4.78 is 5.01. The smallest absolute Gasteiger partial charge is 0.305 e. The van der Waals surface area contributed by atoms with E-state index in [1.165, 1.54) is 109 Å². The van der Waals surface area contributed by atoms with Crippen LogP contribution in [0.3, 0.4) is 0 Å². The van der Waals surface area contributed by atoms with E-state index in [9.17, 15) is 4.79 Å². The van der Waals surface area contributed by atoms with Crippen molar-refractivity contribution >= 4 is 18.6 Å². The summed E-state index contributed by atoms with van der Waals surface area (Å²) in [5, 5.41) is 0. The van der Waals surface area contributed by atoms with E-state index in [2.05, 4.69) is 31.7 Å². The highest BCUT2D eigenvalue weighted by Gasteiger charge is 2.01. The predicted molar refractivity (Wildman–Crippen MR) is 132 cm³/mol. The van der Waals surface area contributed by atoms with Crippen molar-refractivity contribution in [1.29, 1.82) is 0 Å². The normalized spacial score (nSPS) is 11.4. The van der Waals surface area contributed by atoms with Crippen molar-refractivity contribution in [2.24, 2.45) is 0 Å². The average Bonchev–Trinajstić information content (AvgIpc) is 2.73. The molecule has 0 unspecified atom stereocenters. The molecule has 0 radical (unpaired) electrons. The van der Waals surface area contributed by atoms with Crippen LogP contribution in [-0.4, -0.2) is 18.3 Å².